The number of carbonyl (C=O) groups is 1. The first-order valence-electron chi connectivity index (χ1n) is 8.01. The lowest BCUT2D eigenvalue weighted by molar-refractivity contribution is -0.127. The molecule has 1 heterocycles. The van der Waals surface area contributed by atoms with Crippen molar-refractivity contribution in [3.8, 4) is 0 Å². The molecule has 0 radical (unpaired) electrons. The van der Waals surface area contributed by atoms with Crippen LogP contribution in [0.5, 0.6) is 0 Å². The van der Waals surface area contributed by atoms with E-state index in [1.54, 1.807) is 14.1 Å². The maximum absolute atomic E-state index is 11.5. The number of hydrogen-bond acceptors (Lipinski definition) is 4. The van der Waals surface area contributed by atoms with E-state index in [0.717, 1.165) is 52.4 Å². The van der Waals surface area contributed by atoms with E-state index in [4.69, 9.17) is 9.47 Å². The van der Waals surface area contributed by atoms with Crippen LogP contribution in [0.4, 0.5) is 0 Å². The van der Waals surface area contributed by atoms with Crippen molar-refractivity contribution in [1.29, 1.82) is 0 Å². The van der Waals surface area contributed by atoms with Gasteiger partial charge in [-0.15, -0.1) is 24.0 Å². The molecule has 1 rings (SSSR count). The summed E-state index contributed by atoms with van der Waals surface area (Å²) in [7, 11) is 3.45. The summed E-state index contributed by atoms with van der Waals surface area (Å²) in [5, 5.41) is 6.33. The fourth-order valence-corrected chi connectivity index (χ4v) is 1.98. The predicted octanol–water partition coefficient (Wildman–Crippen LogP) is 0.691. The van der Waals surface area contributed by atoms with E-state index in [2.05, 4.69) is 15.6 Å². The van der Waals surface area contributed by atoms with Crippen molar-refractivity contribution in [2.45, 2.75) is 19.8 Å². The van der Waals surface area contributed by atoms with Gasteiger partial charge in [-0.05, 0) is 19.8 Å². The van der Waals surface area contributed by atoms with E-state index < -0.39 is 0 Å². The van der Waals surface area contributed by atoms with Crippen LogP contribution < -0.4 is 10.6 Å². The molecule has 2 N–H and O–H groups in total. The van der Waals surface area contributed by atoms with Crippen molar-refractivity contribution in [3.63, 3.8) is 0 Å². The minimum absolute atomic E-state index is 0. The van der Waals surface area contributed by atoms with Gasteiger partial charge in [0.05, 0.1) is 13.2 Å². The van der Waals surface area contributed by atoms with Crippen LogP contribution >= 0.6 is 24.0 Å². The predicted molar refractivity (Wildman–Crippen MR) is 102 cm³/mol. The third-order valence-corrected chi connectivity index (χ3v) is 3.35. The third-order valence-electron chi connectivity index (χ3n) is 3.35. The van der Waals surface area contributed by atoms with E-state index in [1.165, 1.54) is 4.90 Å². The Balaban J connectivity index is 0.00000484. The van der Waals surface area contributed by atoms with Gasteiger partial charge in [0.15, 0.2) is 5.96 Å². The standard InChI is InChI=1S/C15H30N4O3.HI/c1-4-16-15(18-10-14(20)19(2)3)17-7-5-8-21-11-13-6-9-22-12-13;/h13H,4-12H2,1-3H3,(H2,16,17,18);1H. The molecule has 8 heteroatoms. The van der Waals surface area contributed by atoms with E-state index in [-0.39, 0.29) is 36.4 Å². The van der Waals surface area contributed by atoms with Crippen LogP contribution in [0.2, 0.25) is 0 Å². The van der Waals surface area contributed by atoms with Crippen LogP contribution in [0.15, 0.2) is 4.99 Å². The molecular formula is C15H31IN4O3. The zero-order valence-corrected chi connectivity index (χ0v) is 16.8. The maximum atomic E-state index is 11.5. The zero-order valence-electron chi connectivity index (χ0n) is 14.5. The molecule has 0 aromatic carbocycles. The number of nitrogens with one attached hydrogen (secondary N) is 2. The molecule has 0 spiro atoms. The highest BCUT2D eigenvalue weighted by atomic mass is 127. The highest BCUT2D eigenvalue weighted by molar-refractivity contribution is 14.0. The molecular weight excluding hydrogens is 411 g/mol. The molecule has 23 heavy (non-hydrogen) atoms. The normalized spacial score (nSPS) is 17.5. The fourth-order valence-electron chi connectivity index (χ4n) is 1.98. The third kappa shape index (κ3) is 10.7. The number of hydrogen-bond donors (Lipinski definition) is 2. The summed E-state index contributed by atoms with van der Waals surface area (Å²) in [5.74, 6) is 1.21. The average molecular weight is 442 g/mol. The van der Waals surface area contributed by atoms with Crippen molar-refractivity contribution in [3.05, 3.63) is 0 Å². The molecule has 0 aromatic rings. The zero-order chi connectivity index (χ0) is 16.2. The van der Waals surface area contributed by atoms with E-state index in [1.807, 2.05) is 6.92 Å². The number of nitrogens with zero attached hydrogens (tertiary/aromatic N) is 2. The molecule has 0 aromatic heterocycles. The topological polar surface area (TPSA) is 75.2 Å². The maximum Gasteiger partial charge on any atom is 0.243 e. The number of amides is 1. The van der Waals surface area contributed by atoms with Crippen molar-refractivity contribution in [1.82, 2.24) is 15.5 Å². The monoisotopic (exact) mass is 442 g/mol. The van der Waals surface area contributed by atoms with Gasteiger partial charge in [-0.1, -0.05) is 0 Å². The number of likely N-dealkylation sites (N-methyl/N-ethyl adjacent to an activating group) is 1. The molecule has 1 amide bonds. The minimum atomic E-state index is -0.0145. The van der Waals surface area contributed by atoms with Gasteiger partial charge < -0.3 is 25.0 Å². The molecule has 1 atom stereocenters. The second kappa shape index (κ2) is 13.8. The lowest BCUT2D eigenvalue weighted by Gasteiger charge is -2.13. The number of aliphatic imine (C=N–C) groups is 1. The molecule has 1 aliphatic heterocycles. The summed E-state index contributed by atoms with van der Waals surface area (Å²) in [6, 6.07) is 0. The molecule has 1 unspecified atom stereocenters. The Morgan fingerprint density at radius 2 is 2.17 bits per heavy atom. The summed E-state index contributed by atoms with van der Waals surface area (Å²) >= 11 is 0. The number of ether oxygens (including phenoxy) is 2. The number of guanidine groups is 1. The van der Waals surface area contributed by atoms with Gasteiger partial charge in [-0.3, -0.25) is 4.79 Å². The molecule has 1 fully saturated rings. The van der Waals surface area contributed by atoms with Crippen molar-refractivity contribution < 1.29 is 14.3 Å². The molecule has 7 nitrogen and oxygen atoms in total. The van der Waals surface area contributed by atoms with Crippen LogP contribution in [-0.4, -0.2) is 76.9 Å². The highest BCUT2D eigenvalue weighted by Gasteiger charge is 2.15. The van der Waals surface area contributed by atoms with Gasteiger partial charge >= 0.3 is 0 Å². The number of halogens is 1. The molecule has 0 bridgehead atoms. The summed E-state index contributed by atoms with van der Waals surface area (Å²) in [5.41, 5.74) is 0. The quantitative estimate of drug-likeness (QED) is 0.238. The first-order chi connectivity index (χ1) is 10.6. The second-order valence-electron chi connectivity index (χ2n) is 5.57. The van der Waals surface area contributed by atoms with Gasteiger partial charge in [0.25, 0.3) is 0 Å². The number of rotatable bonds is 9. The van der Waals surface area contributed by atoms with Crippen LogP contribution in [-0.2, 0) is 14.3 Å². The lowest BCUT2D eigenvalue weighted by Crippen LogP contribution is -2.39. The van der Waals surface area contributed by atoms with Crippen LogP contribution in [0.25, 0.3) is 0 Å². The van der Waals surface area contributed by atoms with Crippen molar-refractivity contribution >= 4 is 35.8 Å². The summed E-state index contributed by atoms with van der Waals surface area (Å²) in [4.78, 5) is 17.3. The van der Waals surface area contributed by atoms with E-state index in [9.17, 15) is 4.79 Å². The summed E-state index contributed by atoms with van der Waals surface area (Å²) in [6.45, 7) is 6.88. The lowest BCUT2D eigenvalue weighted by atomic mass is 10.1. The van der Waals surface area contributed by atoms with Gasteiger partial charge in [0.1, 0.15) is 6.54 Å². The number of carbonyl (C=O) groups excluding carboxylic acids is 1. The Kier molecular flexibility index (Phi) is 13.4. The Morgan fingerprint density at radius 1 is 1.39 bits per heavy atom. The molecule has 1 saturated heterocycles. The van der Waals surface area contributed by atoms with Crippen molar-refractivity contribution in [2.24, 2.45) is 10.9 Å². The minimum Gasteiger partial charge on any atom is -0.381 e. The SMILES string of the molecule is CCNC(=NCC(=O)N(C)C)NCCCOCC1CCOC1.I. The van der Waals surface area contributed by atoms with Crippen LogP contribution in [0.1, 0.15) is 19.8 Å². The molecule has 0 aliphatic carbocycles. The Bertz CT molecular complexity index is 348. The summed E-state index contributed by atoms with van der Waals surface area (Å²) < 4.78 is 11.0. The molecule has 1 aliphatic rings. The van der Waals surface area contributed by atoms with Gasteiger partial charge in [0.2, 0.25) is 5.91 Å². The Morgan fingerprint density at radius 3 is 2.78 bits per heavy atom. The van der Waals surface area contributed by atoms with E-state index in [0.29, 0.717) is 11.9 Å². The van der Waals surface area contributed by atoms with Crippen LogP contribution in [0, 0.1) is 5.92 Å². The molecule has 0 saturated carbocycles. The molecule has 136 valence electrons. The first kappa shape index (κ1) is 22.4. The average Bonchev–Trinajstić information content (AvgIpc) is 3.00. The second-order valence-corrected chi connectivity index (χ2v) is 5.57. The Labute approximate surface area is 156 Å². The summed E-state index contributed by atoms with van der Waals surface area (Å²) in [6.07, 6.45) is 2.01. The van der Waals surface area contributed by atoms with E-state index >= 15 is 0 Å². The fraction of sp³-hybridized carbons (Fsp3) is 0.867. The van der Waals surface area contributed by atoms with Gasteiger partial charge in [0, 0.05) is 46.3 Å². The highest BCUT2D eigenvalue weighted by Crippen LogP contribution is 2.12. The van der Waals surface area contributed by atoms with Crippen molar-refractivity contribution in [2.75, 3.05) is 60.2 Å². The Hall–Kier alpha value is -0.610. The van der Waals surface area contributed by atoms with Crippen LogP contribution in [0.3, 0.4) is 0 Å². The van der Waals surface area contributed by atoms with Gasteiger partial charge in [-0.2, -0.15) is 0 Å². The largest absolute Gasteiger partial charge is 0.381 e. The smallest absolute Gasteiger partial charge is 0.243 e. The first-order valence-corrected chi connectivity index (χ1v) is 8.01. The van der Waals surface area contributed by atoms with Gasteiger partial charge in [-0.25, -0.2) is 4.99 Å².